The Morgan fingerprint density at radius 1 is 1.45 bits per heavy atom. The quantitative estimate of drug-likeness (QED) is 0.866. The van der Waals surface area contributed by atoms with Gasteiger partial charge in [-0.3, -0.25) is 9.72 Å². The first-order valence-corrected chi connectivity index (χ1v) is 7.34. The zero-order valence-electron chi connectivity index (χ0n) is 13.0. The fourth-order valence-corrected chi connectivity index (χ4v) is 2.48. The van der Waals surface area contributed by atoms with Gasteiger partial charge in [-0.15, -0.1) is 0 Å². The predicted octanol–water partition coefficient (Wildman–Crippen LogP) is 3.90. The van der Waals surface area contributed by atoms with Crippen molar-refractivity contribution in [2.24, 2.45) is 0 Å². The number of nitrogens with one attached hydrogen (secondary N) is 1. The Morgan fingerprint density at radius 3 is 2.64 bits per heavy atom. The van der Waals surface area contributed by atoms with Crippen molar-refractivity contribution in [3.63, 3.8) is 0 Å². The van der Waals surface area contributed by atoms with E-state index in [-0.39, 0.29) is 11.4 Å². The van der Waals surface area contributed by atoms with Crippen LogP contribution in [-0.2, 0) is 4.74 Å². The zero-order valence-corrected chi connectivity index (χ0v) is 14.5. The van der Waals surface area contributed by atoms with E-state index in [1.807, 2.05) is 0 Å². The number of imidazole rings is 1. The highest BCUT2D eigenvalue weighted by molar-refractivity contribution is 9.10. The van der Waals surface area contributed by atoms with Gasteiger partial charge in [0, 0.05) is 6.20 Å². The molecule has 2 heterocycles. The van der Waals surface area contributed by atoms with Gasteiger partial charge in [-0.2, -0.15) is 4.39 Å². The van der Waals surface area contributed by atoms with E-state index < -0.39 is 17.5 Å². The van der Waals surface area contributed by atoms with Crippen LogP contribution in [0.25, 0.3) is 5.65 Å². The number of methoxy groups -OCH3 is 1. The molecule has 2 aromatic rings. The second kappa shape index (κ2) is 5.75. The van der Waals surface area contributed by atoms with Crippen molar-refractivity contribution >= 4 is 33.5 Å². The maximum Gasteiger partial charge on any atom is 0.413 e. The van der Waals surface area contributed by atoms with Crippen molar-refractivity contribution in [2.75, 3.05) is 12.4 Å². The first-order chi connectivity index (χ1) is 10.1. The summed E-state index contributed by atoms with van der Waals surface area (Å²) < 4.78 is 26.4. The molecule has 0 bridgehead atoms. The summed E-state index contributed by atoms with van der Waals surface area (Å²) in [5.74, 6) is -0.218. The molecule has 0 aliphatic carbocycles. The molecule has 0 spiro atoms. The van der Waals surface area contributed by atoms with Crippen LogP contribution in [0, 0.1) is 12.7 Å². The molecule has 120 valence electrons. The molecular weight excluding hydrogens is 357 g/mol. The molecule has 0 aromatic carbocycles. The van der Waals surface area contributed by atoms with Crippen LogP contribution in [0.15, 0.2) is 10.7 Å². The smallest absolute Gasteiger partial charge is 0.413 e. The molecule has 0 fully saturated rings. The Hall–Kier alpha value is -1.83. The number of anilines is 1. The number of fused-ring (bicyclic) bond motifs is 1. The average Bonchev–Trinajstić information content (AvgIpc) is 2.65. The highest BCUT2D eigenvalue weighted by Crippen LogP contribution is 2.32. The lowest BCUT2D eigenvalue weighted by atomic mass is 10.2. The first kappa shape index (κ1) is 16.5. The summed E-state index contributed by atoms with van der Waals surface area (Å²) in [6.07, 6.45) is 0.939. The van der Waals surface area contributed by atoms with E-state index in [0.717, 1.165) is 0 Å². The molecule has 2 rings (SSSR count). The zero-order chi connectivity index (χ0) is 16.7. The van der Waals surface area contributed by atoms with Crippen molar-refractivity contribution in [3.05, 3.63) is 22.2 Å². The summed E-state index contributed by atoms with van der Waals surface area (Å²) in [5.41, 5.74) is -0.110. The number of amides is 1. The normalized spacial score (nSPS) is 11.6. The molecule has 0 saturated heterocycles. The van der Waals surface area contributed by atoms with Crippen LogP contribution in [0.2, 0.25) is 0 Å². The minimum atomic E-state index is -0.634. The van der Waals surface area contributed by atoms with Crippen LogP contribution in [0.1, 0.15) is 26.5 Å². The largest absolute Gasteiger partial charge is 0.492 e. The van der Waals surface area contributed by atoms with E-state index in [4.69, 9.17) is 9.47 Å². The Kier molecular flexibility index (Phi) is 4.32. The lowest BCUT2D eigenvalue weighted by Crippen LogP contribution is -2.27. The second-order valence-corrected chi connectivity index (χ2v) is 6.54. The molecule has 6 nitrogen and oxygen atoms in total. The van der Waals surface area contributed by atoms with Crippen molar-refractivity contribution < 1.29 is 18.7 Å². The Bertz CT molecular complexity index is 737. The summed E-state index contributed by atoms with van der Waals surface area (Å²) >= 11 is 3.23. The number of halogens is 2. The molecular formula is C14H17BrFN3O3. The predicted molar refractivity (Wildman–Crippen MR) is 84.0 cm³/mol. The van der Waals surface area contributed by atoms with Crippen LogP contribution in [0.4, 0.5) is 15.0 Å². The number of nitrogens with zero attached hydrogens (tertiary/aromatic N) is 2. The van der Waals surface area contributed by atoms with E-state index in [1.54, 1.807) is 33.9 Å². The Labute approximate surface area is 135 Å². The van der Waals surface area contributed by atoms with Gasteiger partial charge < -0.3 is 9.47 Å². The van der Waals surface area contributed by atoms with Gasteiger partial charge in [-0.25, -0.2) is 9.78 Å². The summed E-state index contributed by atoms with van der Waals surface area (Å²) in [6, 6.07) is 0. The number of ether oxygens (including phenoxy) is 2. The van der Waals surface area contributed by atoms with E-state index in [0.29, 0.717) is 16.0 Å². The van der Waals surface area contributed by atoms with Crippen LogP contribution >= 0.6 is 15.9 Å². The molecule has 2 aromatic heterocycles. The maximum absolute atomic E-state index is 14.3. The van der Waals surface area contributed by atoms with Gasteiger partial charge in [-0.1, -0.05) is 0 Å². The molecule has 0 atom stereocenters. The number of rotatable bonds is 2. The van der Waals surface area contributed by atoms with Gasteiger partial charge in [-0.05, 0) is 43.6 Å². The van der Waals surface area contributed by atoms with Crippen LogP contribution in [-0.4, -0.2) is 28.2 Å². The third kappa shape index (κ3) is 3.16. The molecule has 1 N–H and O–H groups in total. The number of aryl methyl sites for hydroxylation is 1. The number of carbonyl (C=O) groups is 1. The van der Waals surface area contributed by atoms with Gasteiger partial charge in [0.15, 0.2) is 11.4 Å². The van der Waals surface area contributed by atoms with E-state index in [9.17, 15) is 9.18 Å². The third-order valence-electron chi connectivity index (χ3n) is 2.76. The molecule has 8 heteroatoms. The van der Waals surface area contributed by atoms with Gasteiger partial charge in [0.1, 0.15) is 11.4 Å². The van der Waals surface area contributed by atoms with Gasteiger partial charge in [0.25, 0.3) is 0 Å². The SMILES string of the molecule is COc1c(Br)cn2c(NC(=O)OC(C)(C)C)c(C)nc2c1F. The van der Waals surface area contributed by atoms with Crippen molar-refractivity contribution in [2.45, 2.75) is 33.3 Å². The van der Waals surface area contributed by atoms with Crippen molar-refractivity contribution in [1.82, 2.24) is 9.38 Å². The van der Waals surface area contributed by atoms with Crippen LogP contribution < -0.4 is 10.1 Å². The Balaban J connectivity index is 2.47. The molecule has 1 amide bonds. The highest BCUT2D eigenvalue weighted by Gasteiger charge is 2.22. The number of aromatic nitrogens is 2. The second-order valence-electron chi connectivity index (χ2n) is 5.69. The molecule has 0 radical (unpaired) electrons. The molecule has 0 aliphatic heterocycles. The number of hydrogen-bond acceptors (Lipinski definition) is 4. The topological polar surface area (TPSA) is 64.9 Å². The maximum atomic E-state index is 14.3. The van der Waals surface area contributed by atoms with Gasteiger partial charge in [0.05, 0.1) is 17.3 Å². The number of hydrogen-bond donors (Lipinski definition) is 1. The first-order valence-electron chi connectivity index (χ1n) is 6.54. The van der Waals surface area contributed by atoms with E-state index in [2.05, 4.69) is 26.2 Å². The molecule has 0 saturated carbocycles. The number of pyridine rings is 1. The Morgan fingerprint density at radius 2 is 2.09 bits per heavy atom. The lowest BCUT2D eigenvalue weighted by molar-refractivity contribution is 0.0635. The van der Waals surface area contributed by atoms with Crippen molar-refractivity contribution in [3.8, 4) is 5.75 Å². The summed E-state index contributed by atoms with van der Waals surface area (Å²) in [4.78, 5) is 16.0. The van der Waals surface area contributed by atoms with Crippen LogP contribution in [0.5, 0.6) is 5.75 Å². The standard InChI is InChI=1S/C14H17BrFN3O3/c1-7-11(18-13(20)22-14(2,3)4)19-6-8(15)10(21-5)9(16)12(19)17-7/h6H,1-5H3,(H,18,20). The highest BCUT2D eigenvalue weighted by atomic mass is 79.9. The third-order valence-corrected chi connectivity index (χ3v) is 3.33. The van der Waals surface area contributed by atoms with Gasteiger partial charge in [0.2, 0.25) is 5.82 Å². The van der Waals surface area contributed by atoms with Crippen molar-refractivity contribution in [1.29, 1.82) is 0 Å². The van der Waals surface area contributed by atoms with E-state index >= 15 is 0 Å². The minimum Gasteiger partial charge on any atom is -0.492 e. The average molecular weight is 374 g/mol. The van der Waals surface area contributed by atoms with E-state index in [1.165, 1.54) is 11.5 Å². The summed E-state index contributed by atoms with van der Waals surface area (Å²) in [6.45, 7) is 6.94. The lowest BCUT2D eigenvalue weighted by Gasteiger charge is -2.19. The fourth-order valence-electron chi connectivity index (χ4n) is 1.94. The fraction of sp³-hybridized carbons (Fsp3) is 0.429. The molecule has 22 heavy (non-hydrogen) atoms. The molecule has 0 aliphatic rings. The summed E-state index contributed by atoms with van der Waals surface area (Å²) in [5, 5.41) is 2.59. The minimum absolute atomic E-state index is 0.0568. The molecule has 0 unspecified atom stereocenters. The summed E-state index contributed by atoms with van der Waals surface area (Å²) in [7, 11) is 1.37. The van der Waals surface area contributed by atoms with Gasteiger partial charge >= 0.3 is 6.09 Å². The number of carbonyl (C=O) groups excluding carboxylic acids is 1. The monoisotopic (exact) mass is 373 g/mol. The van der Waals surface area contributed by atoms with Crippen LogP contribution in [0.3, 0.4) is 0 Å².